The lowest BCUT2D eigenvalue weighted by atomic mass is 9.80. The first-order valence-corrected chi connectivity index (χ1v) is 14.7. The maximum Gasteiger partial charge on any atom is 0.315 e. The van der Waals surface area contributed by atoms with Crippen LogP contribution >= 0.6 is 0 Å². The van der Waals surface area contributed by atoms with Crippen molar-refractivity contribution in [2.24, 2.45) is 11.1 Å². The van der Waals surface area contributed by atoms with Gasteiger partial charge in [0.2, 0.25) is 5.91 Å². The van der Waals surface area contributed by atoms with Gasteiger partial charge < -0.3 is 26.6 Å². The number of anilines is 1. The van der Waals surface area contributed by atoms with E-state index in [0.29, 0.717) is 36.2 Å². The predicted molar refractivity (Wildman–Crippen MR) is 163 cm³/mol. The normalized spacial score (nSPS) is 19.9. The minimum atomic E-state index is -0.532. The van der Waals surface area contributed by atoms with Crippen molar-refractivity contribution in [1.82, 2.24) is 20.1 Å². The fraction of sp³-hybridized carbons (Fsp3) is 0.469. The summed E-state index contributed by atoms with van der Waals surface area (Å²) in [6.07, 6.45) is 4.29. The van der Waals surface area contributed by atoms with E-state index < -0.39 is 11.7 Å². The van der Waals surface area contributed by atoms with Crippen molar-refractivity contribution in [2.75, 3.05) is 32.5 Å². The number of primary amides is 1. The second-order valence-electron chi connectivity index (χ2n) is 12.8. The third-order valence-corrected chi connectivity index (χ3v) is 8.39. The summed E-state index contributed by atoms with van der Waals surface area (Å²) in [5, 5.41) is 10.3. The van der Waals surface area contributed by atoms with Crippen molar-refractivity contribution in [3.63, 3.8) is 0 Å². The number of carbonyl (C=O) groups is 3. The molecule has 1 saturated carbocycles. The summed E-state index contributed by atoms with van der Waals surface area (Å²) in [6.45, 7) is 5.50. The number of hydrogen-bond acceptors (Lipinski definition) is 5. The molecule has 0 atom stereocenters. The largest absolute Gasteiger partial charge is 0.382 e. The second kappa shape index (κ2) is 11.8. The molecule has 10 heteroatoms. The van der Waals surface area contributed by atoms with Crippen LogP contribution in [0.25, 0.3) is 22.0 Å². The van der Waals surface area contributed by atoms with E-state index in [2.05, 4.69) is 29.8 Å². The van der Waals surface area contributed by atoms with Crippen LogP contribution in [0.1, 0.15) is 66.8 Å². The summed E-state index contributed by atoms with van der Waals surface area (Å²) in [7, 11) is 3.93. The highest BCUT2D eigenvalue weighted by Crippen LogP contribution is 2.43. The topological polar surface area (TPSA) is 121 Å². The quantitative estimate of drug-likeness (QED) is 0.309. The SMILES string of the molecule is CN(C)CCNC(=O)NC1CCC(Nc2cc(-c3c4n(c5cc(F)ccc35)C(=O)CC(C)(C)C4)ccc2C(N)=O)CC1. The van der Waals surface area contributed by atoms with Crippen LogP contribution in [0.5, 0.6) is 0 Å². The smallest absolute Gasteiger partial charge is 0.315 e. The van der Waals surface area contributed by atoms with Crippen molar-refractivity contribution in [3.8, 4) is 11.1 Å². The van der Waals surface area contributed by atoms with Gasteiger partial charge in [0.05, 0.1) is 11.1 Å². The number of nitrogens with one attached hydrogen (secondary N) is 3. The average Bonchev–Trinajstić information content (AvgIpc) is 3.21. The molecule has 1 fully saturated rings. The fourth-order valence-corrected chi connectivity index (χ4v) is 6.36. The van der Waals surface area contributed by atoms with Gasteiger partial charge in [0.25, 0.3) is 5.91 Å². The third-order valence-electron chi connectivity index (χ3n) is 8.39. The molecule has 0 bridgehead atoms. The van der Waals surface area contributed by atoms with Gasteiger partial charge in [0.1, 0.15) is 5.82 Å². The molecule has 0 unspecified atom stereocenters. The fourth-order valence-electron chi connectivity index (χ4n) is 6.36. The molecule has 2 aromatic carbocycles. The molecule has 1 aliphatic heterocycles. The van der Waals surface area contributed by atoms with E-state index in [1.807, 2.05) is 31.1 Å². The van der Waals surface area contributed by atoms with Crippen LogP contribution in [0.15, 0.2) is 36.4 Å². The van der Waals surface area contributed by atoms with Crippen molar-refractivity contribution in [1.29, 1.82) is 0 Å². The van der Waals surface area contributed by atoms with Crippen LogP contribution in [-0.4, -0.2) is 66.6 Å². The van der Waals surface area contributed by atoms with Crippen molar-refractivity contribution < 1.29 is 18.8 Å². The number of benzene rings is 2. The molecule has 5 N–H and O–H groups in total. The van der Waals surface area contributed by atoms with Gasteiger partial charge in [-0.05, 0) is 87.5 Å². The van der Waals surface area contributed by atoms with E-state index in [1.54, 1.807) is 16.7 Å². The van der Waals surface area contributed by atoms with Gasteiger partial charge in [-0.25, -0.2) is 9.18 Å². The molecule has 0 saturated heterocycles. The molecule has 0 radical (unpaired) electrons. The molecule has 2 heterocycles. The third kappa shape index (κ3) is 6.28. The second-order valence-corrected chi connectivity index (χ2v) is 12.8. The molecule has 9 nitrogen and oxygen atoms in total. The number of nitrogens with two attached hydrogens (primary N) is 1. The highest BCUT2D eigenvalue weighted by Gasteiger charge is 2.35. The van der Waals surface area contributed by atoms with Crippen molar-refractivity contribution in [2.45, 2.75) is 64.5 Å². The van der Waals surface area contributed by atoms with Crippen molar-refractivity contribution >= 4 is 34.4 Å². The van der Waals surface area contributed by atoms with Gasteiger partial charge in [-0.1, -0.05) is 19.9 Å². The Hall–Kier alpha value is -3.92. The lowest BCUT2D eigenvalue weighted by Crippen LogP contribution is -2.46. The molecular weight excluding hydrogens is 535 g/mol. The summed E-state index contributed by atoms with van der Waals surface area (Å²) in [5.74, 6) is -0.975. The number of aromatic nitrogens is 1. The van der Waals surface area contributed by atoms with Gasteiger partial charge in [-0.2, -0.15) is 0 Å². The minimum Gasteiger partial charge on any atom is -0.382 e. The Bertz CT molecular complexity index is 1520. The standard InChI is InChI=1S/C32H41FN6O3/c1-32(2)17-27-29(24-12-6-20(33)16-26(24)39(27)28(40)18-32)19-5-11-23(30(34)41)25(15-19)36-21-7-9-22(10-8-21)37-31(42)35-13-14-38(3)4/h5-6,11-12,15-16,21-22,36H,7-10,13-14,17-18H2,1-4H3,(H2,34,41)(H2,35,37,42). The summed E-state index contributed by atoms with van der Waals surface area (Å²) in [6, 6.07) is 10.1. The van der Waals surface area contributed by atoms with Crippen molar-refractivity contribution in [3.05, 3.63) is 53.5 Å². The first kappa shape index (κ1) is 29.6. The van der Waals surface area contributed by atoms with Gasteiger partial charge >= 0.3 is 6.03 Å². The summed E-state index contributed by atoms with van der Waals surface area (Å²) < 4.78 is 16.0. The number of fused-ring (bicyclic) bond motifs is 3. The minimum absolute atomic E-state index is 0.0491. The van der Waals surface area contributed by atoms with Crippen LogP contribution in [0.3, 0.4) is 0 Å². The van der Waals surface area contributed by atoms with E-state index in [4.69, 9.17) is 5.73 Å². The van der Waals surface area contributed by atoms with E-state index in [9.17, 15) is 18.8 Å². The first-order valence-electron chi connectivity index (χ1n) is 14.7. The first-order chi connectivity index (χ1) is 19.9. The number of carbonyl (C=O) groups excluding carboxylic acids is 3. The maximum absolute atomic E-state index is 14.3. The number of halogens is 1. The average molecular weight is 577 g/mol. The van der Waals surface area contributed by atoms with Crippen LogP contribution in [-0.2, 0) is 6.42 Å². The molecule has 1 aliphatic carbocycles. The molecule has 2 aliphatic rings. The van der Waals surface area contributed by atoms with E-state index in [-0.39, 0.29) is 29.4 Å². The molecule has 3 amide bonds. The zero-order valence-electron chi connectivity index (χ0n) is 24.9. The monoisotopic (exact) mass is 576 g/mol. The molecule has 224 valence electrons. The predicted octanol–water partition coefficient (Wildman–Crippen LogP) is 4.74. The molecular formula is C32H41FN6O3. The lowest BCUT2D eigenvalue weighted by Gasteiger charge is -2.31. The summed E-state index contributed by atoms with van der Waals surface area (Å²) in [5.41, 5.74) is 9.68. The molecule has 5 rings (SSSR count). The lowest BCUT2D eigenvalue weighted by molar-refractivity contribution is 0.0816. The number of urea groups is 1. The number of rotatable bonds is 8. The van der Waals surface area contributed by atoms with E-state index in [1.165, 1.54) is 12.1 Å². The summed E-state index contributed by atoms with van der Waals surface area (Å²) >= 11 is 0. The maximum atomic E-state index is 14.3. The van der Waals surface area contributed by atoms with Crippen LogP contribution in [0.2, 0.25) is 0 Å². The molecule has 3 aromatic rings. The van der Waals surface area contributed by atoms with Gasteiger partial charge in [-0.3, -0.25) is 14.2 Å². The number of likely N-dealkylation sites (N-methyl/N-ethyl adjacent to an activating group) is 1. The Kier molecular flexibility index (Phi) is 8.28. The van der Waals surface area contributed by atoms with Gasteiger partial charge in [0, 0.05) is 53.9 Å². The Balaban J connectivity index is 1.39. The molecule has 0 spiro atoms. The zero-order valence-corrected chi connectivity index (χ0v) is 24.9. The Labute approximate surface area is 246 Å². The number of hydrogen-bond donors (Lipinski definition) is 4. The Morgan fingerprint density at radius 2 is 1.76 bits per heavy atom. The molecule has 1 aromatic heterocycles. The Morgan fingerprint density at radius 3 is 2.45 bits per heavy atom. The van der Waals surface area contributed by atoms with Crippen LogP contribution in [0, 0.1) is 11.2 Å². The van der Waals surface area contributed by atoms with Gasteiger partial charge in [-0.15, -0.1) is 0 Å². The number of amides is 3. The zero-order chi connectivity index (χ0) is 30.2. The van der Waals surface area contributed by atoms with Crippen LogP contribution < -0.4 is 21.7 Å². The van der Waals surface area contributed by atoms with E-state index >= 15 is 0 Å². The highest BCUT2D eigenvalue weighted by molar-refractivity contribution is 6.06. The molecule has 42 heavy (non-hydrogen) atoms. The highest BCUT2D eigenvalue weighted by atomic mass is 19.1. The van der Waals surface area contributed by atoms with Crippen LogP contribution in [0.4, 0.5) is 14.9 Å². The Morgan fingerprint density at radius 1 is 1.05 bits per heavy atom. The number of nitrogens with zero attached hydrogens (tertiary/aromatic N) is 2. The van der Waals surface area contributed by atoms with E-state index in [0.717, 1.165) is 54.4 Å². The summed E-state index contributed by atoms with van der Waals surface area (Å²) in [4.78, 5) is 39.9. The van der Waals surface area contributed by atoms with Gasteiger partial charge in [0.15, 0.2) is 0 Å².